The van der Waals surface area contributed by atoms with Crippen LogP contribution in [0.3, 0.4) is 0 Å². The first-order valence-electron chi connectivity index (χ1n) is 24.4. The highest BCUT2D eigenvalue weighted by Gasteiger charge is 2.56. The van der Waals surface area contributed by atoms with Crippen LogP contribution >= 0.6 is 0 Å². The molecule has 0 amide bonds. The average molecular weight is 1080 g/mol. The van der Waals surface area contributed by atoms with Crippen molar-refractivity contribution < 1.29 is 90.0 Å². The van der Waals surface area contributed by atoms with Gasteiger partial charge >= 0.3 is 0 Å². The third-order valence-electron chi connectivity index (χ3n) is 17.4. The molecule has 0 aliphatic heterocycles. The summed E-state index contributed by atoms with van der Waals surface area (Å²) >= 11 is 0. The molecule has 2 N–H and O–H groups in total. The smallest absolute Gasteiger partial charge is 0.198 e. The molecule has 12 rings (SSSR count). The van der Waals surface area contributed by atoms with Gasteiger partial charge in [-0.25, -0.2) is 70.2 Å². The number of benzene rings is 6. The highest BCUT2D eigenvalue weighted by atomic mass is 19.2. The predicted molar refractivity (Wildman–Crippen MR) is 243 cm³/mol. The van der Waals surface area contributed by atoms with Gasteiger partial charge in [0, 0.05) is 23.7 Å². The number of phenolic OH excluding ortho intramolecular Hbond substituents is 2. The molecule has 0 radical (unpaired) electrons. The first kappa shape index (κ1) is 54.4. The van der Waals surface area contributed by atoms with Gasteiger partial charge in [-0.1, -0.05) is 26.0 Å². The Balaban J connectivity index is 0.000000124. The summed E-state index contributed by atoms with van der Waals surface area (Å²) < 4.78 is 207. The van der Waals surface area contributed by atoms with E-state index in [1.165, 1.54) is 35.1 Å². The SMILES string of the molecule is C[C@@]12CC[C@H]3c4ccc(O)cc4CC[C@@H]3[C@H]1CCC2=O.C[C@@]12CC[C@H]3c4ccc(O)cc4CC[C@@H]3[C@H]1CCC2=O.Fc1c(F)c(F)c2c(F)c(F)c(F)c(F)c2c1F.Fc1c(F)c(F)c2c(F)c(F)c(F)c(F)c2c1F. The van der Waals surface area contributed by atoms with Crippen molar-refractivity contribution in [3.05, 3.63) is 152 Å². The van der Waals surface area contributed by atoms with Crippen molar-refractivity contribution in [2.24, 2.45) is 34.5 Å². The summed E-state index contributed by atoms with van der Waals surface area (Å²) in [7, 11) is 0. The van der Waals surface area contributed by atoms with Crippen LogP contribution in [0.25, 0.3) is 21.5 Å². The minimum absolute atomic E-state index is 0.0322. The number of aryl methyl sites for hydroxylation is 2. The van der Waals surface area contributed by atoms with Crippen LogP contribution in [-0.2, 0) is 22.4 Å². The Morgan fingerprint density at radius 2 is 0.632 bits per heavy atom. The molecule has 0 unspecified atom stereocenters. The fourth-order valence-corrected chi connectivity index (χ4v) is 13.6. The number of phenols is 2. The molecule has 0 aromatic heterocycles. The number of fused-ring (bicyclic) bond motifs is 12. The molecule has 8 atom stereocenters. The van der Waals surface area contributed by atoms with E-state index in [-0.39, 0.29) is 10.8 Å². The fraction of sp³-hybridized carbons (Fsp3) is 0.393. The third-order valence-corrected chi connectivity index (χ3v) is 17.4. The predicted octanol–water partition coefficient (Wildman–Crippen LogP) is 15.5. The lowest BCUT2D eigenvalue weighted by Gasteiger charge is -2.48. The van der Waals surface area contributed by atoms with Gasteiger partial charge in [-0.2, -0.15) is 0 Å². The van der Waals surface area contributed by atoms with Crippen LogP contribution in [0.2, 0.25) is 0 Å². The summed E-state index contributed by atoms with van der Waals surface area (Å²) in [5.41, 5.74) is 5.49. The van der Waals surface area contributed by atoms with E-state index < -0.39 is 115 Å². The number of aromatic hydroxyl groups is 2. The van der Waals surface area contributed by atoms with Gasteiger partial charge < -0.3 is 10.2 Å². The van der Waals surface area contributed by atoms with Crippen LogP contribution < -0.4 is 0 Å². The van der Waals surface area contributed by atoms with Gasteiger partial charge in [-0.3, -0.25) is 9.59 Å². The van der Waals surface area contributed by atoms with Gasteiger partial charge in [0.1, 0.15) is 23.1 Å². The topological polar surface area (TPSA) is 74.6 Å². The zero-order chi connectivity index (χ0) is 55.4. The Kier molecular flexibility index (Phi) is 14.3. The molecule has 0 bridgehead atoms. The monoisotopic (exact) mass is 1080 g/mol. The van der Waals surface area contributed by atoms with Gasteiger partial charge in [0.25, 0.3) is 0 Å². The van der Waals surface area contributed by atoms with E-state index in [2.05, 4.69) is 26.0 Å². The lowest BCUT2D eigenvalue weighted by molar-refractivity contribution is -0.130. The van der Waals surface area contributed by atoms with Crippen molar-refractivity contribution >= 4 is 33.1 Å². The normalized spacial score (nSPS) is 25.9. The van der Waals surface area contributed by atoms with E-state index in [0.29, 0.717) is 58.6 Å². The van der Waals surface area contributed by atoms with Gasteiger partial charge in [-0.15, -0.1) is 0 Å². The van der Waals surface area contributed by atoms with Crippen molar-refractivity contribution in [3.8, 4) is 11.5 Å². The summed E-state index contributed by atoms with van der Waals surface area (Å²) in [5.74, 6) is -32.8. The molecule has 4 nitrogen and oxygen atoms in total. The summed E-state index contributed by atoms with van der Waals surface area (Å²) in [6.45, 7) is 4.44. The van der Waals surface area contributed by atoms with Crippen molar-refractivity contribution in [2.45, 2.75) is 103 Å². The molecule has 0 heterocycles. The maximum absolute atomic E-state index is 13.1. The highest BCUT2D eigenvalue weighted by molar-refractivity contribution is 5.88. The Labute approximate surface area is 422 Å². The molecule has 4 fully saturated rings. The molecule has 76 heavy (non-hydrogen) atoms. The van der Waals surface area contributed by atoms with E-state index in [1.807, 2.05) is 24.3 Å². The minimum Gasteiger partial charge on any atom is -0.508 e. The van der Waals surface area contributed by atoms with Crippen LogP contribution in [0.1, 0.15) is 112 Å². The minimum atomic E-state index is -2.45. The van der Waals surface area contributed by atoms with Crippen molar-refractivity contribution in [3.63, 3.8) is 0 Å². The number of carbonyl (C=O) groups is 2. The summed E-state index contributed by atoms with van der Waals surface area (Å²) in [6.07, 6.45) is 12.7. The molecule has 0 saturated heterocycles. The van der Waals surface area contributed by atoms with Crippen molar-refractivity contribution in [1.29, 1.82) is 0 Å². The first-order chi connectivity index (χ1) is 35.8. The van der Waals surface area contributed by atoms with E-state index in [0.717, 1.165) is 64.2 Å². The average Bonchev–Trinajstić information content (AvgIpc) is 3.89. The molecule has 6 aromatic carbocycles. The van der Waals surface area contributed by atoms with E-state index in [1.54, 1.807) is 0 Å². The standard InChI is InChI=1S/2C18H22O2.2C10F8/c2*1-18-9-8-14-13-5-3-12(19)10-11(13)2-4-15(14)16(18)6-7-17(18)20;2*11-3-1-2(5(13)9(17)7(3)15)6(14)10(18)8(16)4(1)12/h2*3,5,10,14-16,19H,2,4,6-9H2,1H3;;/t2*14-,15-,16+,18+;;/m00../s1. The van der Waals surface area contributed by atoms with Crippen LogP contribution in [-0.4, -0.2) is 21.8 Å². The van der Waals surface area contributed by atoms with Gasteiger partial charge in [-0.05, 0) is 146 Å². The number of hydrogen-bond donors (Lipinski definition) is 2. The van der Waals surface area contributed by atoms with Crippen molar-refractivity contribution in [1.82, 2.24) is 0 Å². The van der Waals surface area contributed by atoms with E-state index in [4.69, 9.17) is 0 Å². The van der Waals surface area contributed by atoms with Crippen LogP contribution in [0, 0.1) is 128 Å². The number of halogens is 16. The number of ketones is 2. The second kappa shape index (κ2) is 19.9. The Morgan fingerprint density at radius 3 is 0.895 bits per heavy atom. The Bertz CT molecular complexity index is 2970. The largest absolute Gasteiger partial charge is 0.508 e. The molecule has 6 aliphatic carbocycles. The molecule has 20 heteroatoms. The van der Waals surface area contributed by atoms with Gasteiger partial charge in [0.05, 0.1) is 21.5 Å². The van der Waals surface area contributed by atoms with Crippen LogP contribution in [0.15, 0.2) is 36.4 Å². The zero-order valence-electron chi connectivity index (χ0n) is 40.2. The molecule has 6 aliphatic rings. The summed E-state index contributed by atoms with van der Waals surface area (Å²) in [5, 5.41) is 12.0. The molecule has 0 spiro atoms. The number of Topliss-reactive ketones (excluding diaryl/α,β-unsaturated/α-hetero) is 2. The number of hydrogen-bond acceptors (Lipinski definition) is 4. The number of carbonyl (C=O) groups excluding carboxylic acids is 2. The lowest BCUT2D eigenvalue weighted by atomic mass is 9.55. The zero-order valence-corrected chi connectivity index (χ0v) is 40.2. The molecular weight excluding hydrogens is 1040 g/mol. The molecule has 4 saturated carbocycles. The van der Waals surface area contributed by atoms with Crippen LogP contribution in [0.4, 0.5) is 70.2 Å². The Hall–Kier alpha value is -6.34. The fourth-order valence-electron chi connectivity index (χ4n) is 13.6. The van der Waals surface area contributed by atoms with Crippen molar-refractivity contribution in [2.75, 3.05) is 0 Å². The first-order valence-corrected chi connectivity index (χ1v) is 24.4. The second-order valence-corrected chi connectivity index (χ2v) is 21.0. The lowest BCUT2D eigenvalue weighted by Crippen LogP contribution is -2.42. The third kappa shape index (κ3) is 8.54. The molecule has 6 aromatic rings. The summed E-state index contributed by atoms with van der Waals surface area (Å²) in [6, 6.07) is 11.8. The van der Waals surface area contributed by atoms with Crippen LogP contribution in [0.5, 0.6) is 11.5 Å². The van der Waals surface area contributed by atoms with Gasteiger partial charge in [0.2, 0.25) is 0 Å². The maximum atomic E-state index is 13.1. The number of rotatable bonds is 0. The maximum Gasteiger partial charge on any atom is 0.198 e. The molecular formula is C56H44F16O4. The summed E-state index contributed by atoms with van der Waals surface area (Å²) in [4.78, 5) is 24.5. The van der Waals surface area contributed by atoms with Gasteiger partial charge in [0.15, 0.2) is 93.1 Å². The highest BCUT2D eigenvalue weighted by Crippen LogP contribution is 2.61. The van der Waals surface area contributed by atoms with E-state index in [9.17, 15) is 90.0 Å². The Morgan fingerprint density at radius 1 is 0.368 bits per heavy atom. The second-order valence-electron chi connectivity index (χ2n) is 21.0. The van der Waals surface area contributed by atoms with E-state index >= 15 is 0 Å². The quantitative estimate of drug-likeness (QED) is 0.0903. The molecule has 404 valence electrons.